The highest BCUT2D eigenvalue weighted by molar-refractivity contribution is 8.93. The van der Waals surface area contributed by atoms with Gasteiger partial charge in [0.15, 0.2) is 5.66 Å². The number of rotatable bonds is 6. The summed E-state index contributed by atoms with van der Waals surface area (Å²) in [6, 6.07) is 8.52. The summed E-state index contributed by atoms with van der Waals surface area (Å²) in [6.45, 7) is 6.94. The summed E-state index contributed by atoms with van der Waals surface area (Å²) < 4.78 is 6.08. The lowest BCUT2D eigenvalue weighted by atomic mass is 10.1. The topological polar surface area (TPSA) is 98.5 Å². The number of hydroxylamine groups is 2. The highest BCUT2D eigenvalue weighted by atomic mass is 79.9. The molecule has 0 fully saturated rings. The number of hydrogen-bond donors (Lipinski definition) is 2. The van der Waals surface area contributed by atoms with E-state index in [-0.39, 0.29) is 40.9 Å². The number of hydrogen-bond acceptors (Lipinski definition) is 7. The predicted molar refractivity (Wildman–Crippen MR) is 108 cm³/mol. The lowest BCUT2D eigenvalue weighted by Gasteiger charge is -2.37. The number of ether oxygens (including phenoxy) is 1. The molecular weight excluding hydrogens is 398 g/mol. The molecule has 1 aliphatic heterocycles. The van der Waals surface area contributed by atoms with Crippen molar-refractivity contribution in [2.24, 2.45) is 27.4 Å². The molecule has 4 N–H and O–H groups in total. The summed E-state index contributed by atoms with van der Waals surface area (Å²) in [4.78, 5) is 14.0. The molecule has 7 nitrogen and oxygen atoms in total. The highest BCUT2D eigenvalue weighted by Gasteiger charge is 2.33. The maximum absolute atomic E-state index is 6.08. The van der Waals surface area contributed by atoms with Crippen LogP contribution < -0.4 is 11.5 Å². The Morgan fingerprint density at radius 3 is 2.38 bits per heavy atom. The third kappa shape index (κ3) is 4.75. The van der Waals surface area contributed by atoms with Gasteiger partial charge >= 0.3 is 0 Å². The van der Waals surface area contributed by atoms with Gasteiger partial charge in [0, 0.05) is 5.92 Å². The van der Waals surface area contributed by atoms with Crippen LogP contribution in [-0.2, 0) is 22.4 Å². The van der Waals surface area contributed by atoms with Crippen molar-refractivity contribution >= 4 is 28.9 Å². The van der Waals surface area contributed by atoms with Gasteiger partial charge in [0.25, 0.3) is 0 Å². The SMILES string of the molecule is Br.CC(COC1Cc2ccccc2C1)CON1C(N)=NC(N)=NC1(C)C. The Hall–Kier alpha value is -1.64. The van der Waals surface area contributed by atoms with Crippen LogP contribution in [0.3, 0.4) is 0 Å². The second-order valence-electron chi connectivity index (χ2n) is 7.26. The van der Waals surface area contributed by atoms with Crippen molar-refractivity contribution in [3.8, 4) is 0 Å². The molecule has 144 valence electrons. The molecule has 1 aromatic rings. The summed E-state index contributed by atoms with van der Waals surface area (Å²) in [5.74, 6) is 0.604. The first-order valence-corrected chi connectivity index (χ1v) is 8.66. The molecule has 26 heavy (non-hydrogen) atoms. The predicted octanol–water partition coefficient (Wildman–Crippen LogP) is 2.00. The van der Waals surface area contributed by atoms with Gasteiger partial charge in [0.05, 0.1) is 19.3 Å². The second-order valence-corrected chi connectivity index (χ2v) is 7.26. The molecule has 8 heteroatoms. The van der Waals surface area contributed by atoms with Crippen LogP contribution in [0.1, 0.15) is 31.9 Å². The minimum absolute atomic E-state index is 0. The summed E-state index contributed by atoms with van der Waals surface area (Å²) in [5, 5.41) is 1.51. The van der Waals surface area contributed by atoms with Crippen molar-refractivity contribution in [3.05, 3.63) is 35.4 Å². The molecule has 0 spiro atoms. The van der Waals surface area contributed by atoms with E-state index in [0.29, 0.717) is 13.2 Å². The van der Waals surface area contributed by atoms with Crippen LogP contribution in [0.2, 0.25) is 0 Å². The fraction of sp³-hybridized carbons (Fsp3) is 0.556. The van der Waals surface area contributed by atoms with Gasteiger partial charge in [-0.3, -0.25) is 4.84 Å². The molecule has 1 unspecified atom stereocenters. The fourth-order valence-corrected chi connectivity index (χ4v) is 3.20. The van der Waals surface area contributed by atoms with Crippen LogP contribution in [0.4, 0.5) is 0 Å². The van der Waals surface area contributed by atoms with E-state index in [4.69, 9.17) is 21.0 Å². The first kappa shape index (κ1) is 20.7. The Morgan fingerprint density at radius 1 is 1.19 bits per heavy atom. The molecule has 1 atom stereocenters. The van der Waals surface area contributed by atoms with E-state index in [1.165, 1.54) is 16.2 Å². The molecule has 0 radical (unpaired) electrons. The van der Waals surface area contributed by atoms with E-state index in [9.17, 15) is 0 Å². The second kappa shape index (κ2) is 8.37. The minimum Gasteiger partial charge on any atom is -0.377 e. The van der Waals surface area contributed by atoms with Gasteiger partial charge in [-0.05, 0) is 37.8 Å². The largest absolute Gasteiger partial charge is 0.377 e. The number of halogens is 1. The van der Waals surface area contributed by atoms with Crippen LogP contribution in [-0.4, -0.2) is 42.0 Å². The fourth-order valence-electron chi connectivity index (χ4n) is 3.20. The van der Waals surface area contributed by atoms with E-state index < -0.39 is 5.66 Å². The average Bonchev–Trinajstić information content (AvgIpc) is 2.94. The Kier molecular flexibility index (Phi) is 6.65. The molecule has 1 heterocycles. The number of nitrogens with zero attached hydrogens (tertiary/aromatic N) is 3. The van der Waals surface area contributed by atoms with E-state index in [0.717, 1.165) is 12.8 Å². The van der Waals surface area contributed by atoms with Crippen LogP contribution in [0.15, 0.2) is 34.3 Å². The molecule has 0 saturated carbocycles. The van der Waals surface area contributed by atoms with Crippen LogP contribution in [0.5, 0.6) is 0 Å². The number of aliphatic imine (C=N–C) groups is 2. The van der Waals surface area contributed by atoms with E-state index >= 15 is 0 Å². The molecule has 0 bridgehead atoms. The third-order valence-electron chi connectivity index (χ3n) is 4.44. The molecule has 0 saturated heterocycles. The van der Waals surface area contributed by atoms with Gasteiger partial charge < -0.3 is 16.2 Å². The van der Waals surface area contributed by atoms with Crippen molar-refractivity contribution in [2.45, 2.75) is 45.4 Å². The zero-order valence-corrected chi connectivity index (χ0v) is 17.2. The number of guanidine groups is 2. The average molecular weight is 426 g/mol. The van der Waals surface area contributed by atoms with E-state index in [2.05, 4.69) is 41.2 Å². The van der Waals surface area contributed by atoms with Crippen molar-refractivity contribution in [1.29, 1.82) is 0 Å². The first-order valence-electron chi connectivity index (χ1n) is 8.66. The number of benzene rings is 1. The molecule has 3 rings (SSSR count). The highest BCUT2D eigenvalue weighted by Crippen LogP contribution is 2.24. The standard InChI is InChI=1S/C18H27N5O2.BrH/c1-12(10-24-15-8-13-6-4-5-7-14(13)9-15)11-25-23-17(20)21-16(19)22-18(23,2)3;/h4-7,12,15H,8-11H2,1-3H3,(H4,19,20,21,22);1H. The Morgan fingerprint density at radius 2 is 1.81 bits per heavy atom. The lowest BCUT2D eigenvalue weighted by molar-refractivity contribution is -0.170. The number of nitrogens with two attached hydrogens (primary N) is 2. The third-order valence-corrected chi connectivity index (χ3v) is 4.44. The zero-order valence-electron chi connectivity index (χ0n) is 15.5. The summed E-state index contributed by atoms with van der Waals surface area (Å²) >= 11 is 0. The van der Waals surface area contributed by atoms with Crippen LogP contribution >= 0.6 is 17.0 Å². The number of fused-ring (bicyclic) bond motifs is 1. The van der Waals surface area contributed by atoms with Crippen molar-refractivity contribution in [2.75, 3.05) is 13.2 Å². The maximum atomic E-state index is 6.08. The smallest absolute Gasteiger partial charge is 0.226 e. The van der Waals surface area contributed by atoms with Gasteiger partial charge in [-0.25, -0.2) is 4.99 Å². The molecule has 0 amide bonds. The van der Waals surface area contributed by atoms with Crippen LogP contribution in [0, 0.1) is 5.92 Å². The van der Waals surface area contributed by atoms with Crippen molar-refractivity contribution < 1.29 is 9.57 Å². The normalized spacial score (nSPS) is 20.0. The van der Waals surface area contributed by atoms with E-state index in [1.54, 1.807) is 0 Å². The first-order chi connectivity index (χ1) is 11.8. The van der Waals surface area contributed by atoms with Crippen LogP contribution in [0.25, 0.3) is 0 Å². The molecular formula is C18H28BrN5O2. The van der Waals surface area contributed by atoms with Gasteiger partial charge in [-0.2, -0.15) is 10.1 Å². The zero-order chi connectivity index (χ0) is 18.0. The lowest BCUT2D eigenvalue weighted by Crippen LogP contribution is -2.54. The molecule has 0 aromatic heterocycles. The van der Waals surface area contributed by atoms with Crippen molar-refractivity contribution in [1.82, 2.24) is 5.06 Å². The molecule has 2 aliphatic rings. The Labute approximate surface area is 165 Å². The summed E-state index contributed by atoms with van der Waals surface area (Å²) in [6.07, 6.45) is 2.22. The molecule has 1 aliphatic carbocycles. The van der Waals surface area contributed by atoms with E-state index in [1.807, 2.05) is 13.8 Å². The monoisotopic (exact) mass is 425 g/mol. The minimum atomic E-state index is -0.677. The van der Waals surface area contributed by atoms with Crippen molar-refractivity contribution in [3.63, 3.8) is 0 Å². The maximum Gasteiger partial charge on any atom is 0.226 e. The summed E-state index contributed by atoms with van der Waals surface area (Å²) in [7, 11) is 0. The molecule has 1 aromatic carbocycles. The Bertz CT molecular complexity index is 667. The van der Waals surface area contributed by atoms with Gasteiger partial charge in [0.2, 0.25) is 11.9 Å². The quantitative estimate of drug-likeness (QED) is 0.725. The summed E-state index contributed by atoms with van der Waals surface area (Å²) in [5.41, 5.74) is 13.7. The van der Waals surface area contributed by atoms with Gasteiger partial charge in [0.1, 0.15) is 0 Å². The van der Waals surface area contributed by atoms with Gasteiger partial charge in [-0.1, -0.05) is 31.2 Å². The Balaban J connectivity index is 0.00000243. The van der Waals surface area contributed by atoms with Gasteiger partial charge in [-0.15, -0.1) is 17.0 Å².